The Morgan fingerprint density at radius 2 is 0.516 bits per heavy atom. The van der Waals surface area contributed by atoms with Crippen molar-refractivity contribution in [1.29, 1.82) is 0 Å². The molecule has 2 aliphatic heterocycles. The molecule has 0 N–H and O–H groups in total. The van der Waals surface area contributed by atoms with Gasteiger partial charge in [0.2, 0.25) is 0 Å². The topological polar surface area (TPSA) is 13.0 Å². The second-order valence-corrected chi connectivity index (χ2v) is 48.1. The molecule has 0 amide bonds. The fourth-order valence-corrected chi connectivity index (χ4v) is 31.4. The Morgan fingerprint density at radius 3 is 0.836 bits per heavy atom. The third-order valence-electron chi connectivity index (χ3n) is 35.2. The highest BCUT2D eigenvalue weighted by Crippen LogP contribution is 2.66. The van der Waals surface area contributed by atoms with Gasteiger partial charge in [0, 0.05) is 56.9 Å². The van der Waals surface area contributed by atoms with Crippen LogP contribution in [0.5, 0.6) is 0 Å². The molecule has 10 aromatic rings. The first kappa shape index (κ1) is 78.5. The first-order chi connectivity index (χ1) is 58.5. The van der Waals surface area contributed by atoms with Gasteiger partial charge in [-0.2, -0.15) is 0 Å². The summed E-state index contributed by atoms with van der Waals surface area (Å²) in [5.74, 6) is 11.2. The second-order valence-electron chi connectivity index (χ2n) is 47.7. The molecule has 10 aromatic carbocycles. The quantitative estimate of drug-likeness (QED) is 0.113. The predicted octanol–water partition coefficient (Wildman–Crippen LogP) is 30.1. The third kappa shape index (κ3) is 13.2. The number of anilines is 12. The van der Waals surface area contributed by atoms with E-state index in [1.807, 2.05) is 0 Å². The van der Waals surface area contributed by atoms with E-state index < -0.39 is 0 Å². The molecular weight excluding hydrogens is 1500 g/mol. The Labute approximate surface area is 736 Å². The van der Waals surface area contributed by atoms with E-state index in [9.17, 15) is 0 Å². The van der Waals surface area contributed by atoms with Gasteiger partial charge in [-0.3, -0.25) is 0 Å². The van der Waals surface area contributed by atoms with Gasteiger partial charge in [-0.1, -0.05) is 204 Å². The monoisotopic (exact) mass is 1630 g/mol. The van der Waals surface area contributed by atoms with Gasteiger partial charge in [0.25, 0.3) is 6.71 Å². The van der Waals surface area contributed by atoms with Crippen molar-refractivity contribution in [2.45, 2.75) is 281 Å². The maximum Gasteiger partial charge on any atom is 0.252 e. The number of nitrogens with zero attached hydrogens (tertiary/aromatic N) is 4. The lowest BCUT2D eigenvalue weighted by Crippen LogP contribution is -2.62. The zero-order valence-electron chi connectivity index (χ0n) is 75.4. The number of rotatable bonds is 12. The Bertz CT molecular complexity index is 5400. The van der Waals surface area contributed by atoms with E-state index in [1.54, 1.807) is 22.3 Å². The Kier molecular flexibility index (Phi) is 18.3. The van der Waals surface area contributed by atoms with Crippen molar-refractivity contribution in [3.63, 3.8) is 0 Å². The molecule has 2 heterocycles. The van der Waals surface area contributed by atoms with Gasteiger partial charge in [0.15, 0.2) is 0 Å². The van der Waals surface area contributed by atoms with E-state index in [0.29, 0.717) is 21.7 Å². The average molecular weight is 1630 g/mol. The maximum atomic E-state index is 7.91. The standard InChI is InChI=1S/C58H65BN2.C58H67ClN2/c1-55(2,3)42-10-16-46(17-11-42)60-50-20-14-44(56(4,5)6)28-48(50)59-49-29-45(58-33-39-25-40(34-58)27-41(26-39)35-58)15-21-51(49)61(53-9-7-8-52(60)54(53)59)47-18-12-43(13-19-47)57-30-36-22-37(31-57)24-38(23-36)32-57;1-55(2,3)44-10-18-48(19-11-44)60(49-20-12-45(13-21-49)56(4,5)6)52-8-7-9-53(54(52)59)61(50-22-14-46(15-23-50)57-32-38-26-39(33-57)28-40(27-38)34-57)51-24-16-47(17-25-51)58-35-41-29-42(36-58)31-43(30-41)37-58/h7-21,28-29,36-41H,22-27,30-35H2,1-6H3;7-25,38-43H,26-37H2,1-6H3. The molecule has 0 spiro atoms. The van der Waals surface area contributed by atoms with Crippen LogP contribution in [0.4, 0.5) is 68.2 Å². The number of hydrogen-bond donors (Lipinski definition) is 0. The largest absolute Gasteiger partial charge is 0.311 e. The SMILES string of the molecule is CC(C)(C)c1ccc(N(c2ccc(C(C)(C)C)cc2)c2cccc(N(c3ccc(C45CC6CC(CC(C6)C4)C5)cc3)c3ccc(C45CC6CC(CC(C6)C4)C5)cc3)c2Cl)cc1.CC(C)(C)c1ccc(N2c3ccc(C(C)(C)C)cc3B3c4cc(C56CC7CC(CC(C7)C5)C6)ccc4N(c4ccc(C56CC7CC(CC(C7)C5)C6)cc4)c4cccc2c43)cc1. The van der Waals surface area contributed by atoms with Gasteiger partial charge >= 0.3 is 0 Å². The molecule has 0 aromatic heterocycles. The van der Waals surface area contributed by atoms with E-state index in [-0.39, 0.29) is 28.4 Å². The smallest absolute Gasteiger partial charge is 0.252 e. The first-order valence-corrected chi connectivity index (χ1v) is 48.9. The minimum absolute atomic E-state index is 0.0387. The molecule has 4 nitrogen and oxygen atoms in total. The molecule has 16 fully saturated rings. The Balaban J connectivity index is 0.000000142. The minimum atomic E-state index is 0.0387. The fraction of sp³-hybridized carbons (Fsp3) is 0.483. The van der Waals surface area contributed by atoms with Crippen LogP contribution in [0.2, 0.25) is 5.02 Å². The molecule has 0 radical (unpaired) electrons. The van der Waals surface area contributed by atoms with Crippen molar-refractivity contribution in [2.24, 2.45) is 71.0 Å². The van der Waals surface area contributed by atoms with Crippen LogP contribution in [0.15, 0.2) is 218 Å². The normalized spacial score (nSPS) is 30.6. The molecule has 16 aliphatic carbocycles. The number of fused-ring (bicyclic) bond motifs is 4. The van der Waals surface area contributed by atoms with Gasteiger partial charge in [-0.15, -0.1) is 0 Å². The summed E-state index contributed by atoms with van der Waals surface area (Å²) < 4.78 is 0. The zero-order chi connectivity index (χ0) is 83.1. The lowest BCUT2D eigenvalue weighted by molar-refractivity contribution is -0.00530. The van der Waals surface area contributed by atoms with E-state index in [0.717, 1.165) is 98.8 Å². The highest BCUT2D eigenvalue weighted by Gasteiger charge is 2.57. The summed E-state index contributed by atoms with van der Waals surface area (Å²) >= 11 is 7.91. The third-order valence-corrected chi connectivity index (χ3v) is 35.6. The molecule has 122 heavy (non-hydrogen) atoms. The Hall–Kier alpha value is -8.25. The molecule has 16 saturated carbocycles. The van der Waals surface area contributed by atoms with E-state index >= 15 is 0 Å². The Morgan fingerprint density at radius 1 is 0.270 bits per heavy atom. The van der Waals surface area contributed by atoms with Crippen LogP contribution in [-0.4, -0.2) is 6.71 Å². The summed E-state index contributed by atoms with van der Waals surface area (Å²) in [5, 5.41) is 0.748. The van der Waals surface area contributed by atoms with Crippen molar-refractivity contribution in [1.82, 2.24) is 0 Å². The van der Waals surface area contributed by atoms with Crippen molar-refractivity contribution in [3.05, 3.63) is 268 Å². The van der Waals surface area contributed by atoms with Crippen LogP contribution >= 0.6 is 11.6 Å². The van der Waals surface area contributed by atoms with Gasteiger partial charge in [0.05, 0.1) is 16.4 Å². The maximum absolute atomic E-state index is 7.91. The molecular formula is C116H132BClN4. The van der Waals surface area contributed by atoms with E-state index in [1.165, 1.54) is 238 Å². The highest BCUT2D eigenvalue weighted by molar-refractivity contribution is 7.00. The minimum Gasteiger partial charge on any atom is -0.311 e. The lowest BCUT2D eigenvalue weighted by Gasteiger charge is -2.57. The summed E-state index contributed by atoms with van der Waals surface area (Å²) in [7, 11) is 0. The summed E-state index contributed by atoms with van der Waals surface area (Å²) in [6, 6.07) is 86.8. The summed E-state index contributed by atoms with van der Waals surface area (Å²) in [6.07, 6.45) is 34.4. The molecule has 18 aliphatic rings. The van der Waals surface area contributed by atoms with Crippen molar-refractivity contribution < 1.29 is 0 Å². The van der Waals surface area contributed by atoms with Crippen molar-refractivity contribution in [3.8, 4) is 0 Å². The van der Waals surface area contributed by atoms with Gasteiger partial charge in [0.1, 0.15) is 0 Å². The lowest BCUT2D eigenvalue weighted by atomic mass is 9.33. The van der Waals surface area contributed by atoms with E-state index in [4.69, 9.17) is 11.6 Å². The van der Waals surface area contributed by atoms with Gasteiger partial charge in [-0.25, -0.2) is 0 Å². The number of hydrogen-bond acceptors (Lipinski definition) is 4. The van der Waals surface area contributed by atoms with Crippen molar-refractivity contribution in [2.75, 3.05) is 19.6 Å². The molecule has 626 valence electrons. The van der Waals surface area contributed by atoms with Gasteiger partial charge in [-0.05, 0) is 439 Å². The van der Waals surface area contributed by atoms with Crippen LogP contribution in [0.3, 0.4) is 0 Å². The molecule has 0 saturated heterocycles. The second kappa shape index (κ2) is 28.4. The summed E-state index contributed by atoms with van der Waals surface area (Å²) in [4.78, 5) is 10.1. The van der Waals surface area contributed by atoms with Crippen LogP contribution in [0, 0.1) is 71.0 Å². The fourth-order valence-electron chi connectivity index (χ4n) is 31.1. The van der Waals surface area contributed by atoms with Crippen LogP contribution in [0.25, 0.3) is 0 Å². The highest BCUT2D eigenvalue weighted by atomic mass is 35.5. The molecule has 16 bridgehead atoms. The molecule has 0 unspecified atom stereocenters. The molecule has 6 heteroatoms. The van der Waals surface area contributed by atoms with Gasteiger partial charge < -0.3 is 19.6 Å². The van der Waals surface area contributed by atoms with Crippen LogP contribution in [-0.2, 0) is 43.3 Å². The van der Waals surface area contributed by atoms with Crippen molar-refractivity contribution >= 4 is 103 Å². The van der Waals surface area contributed by atoms with Crippen LogP contribution in [0.1, 0.15) is 282 Å². The predicted molar refractivity (Wildman–Crippen MR) is 515 cm³/mol. The summed E-state index contributed by atoms with van der Waals surface area (Å²) in [5.41, 5.74) is 32.4. The number of halogens is 1. The molecule has 0 atom stereocenters. The average Bonchev–Trinajstić information content (AvgIpc) is 0.693. The number of benzene rings is 10. The van der Waals surface area contributed by atoms with E-state index in [2.05, 4.69) is 321 Å². The first-order valence-electron chi connectivity index (χ1n) is 48.6. The molecule has 28 rings (SSSR count). The summed E-state index contributed by atoms with van der Waals surface area (Å²) in [6.45, 7) is 28.0. The van der Waals surface area contributed by atoms with Crippen LogP contribution < -0.4 is 36.0 Å². The zero-order valence-corrected chi connectivity index (χ0v) is 76.2.